The Morgan fingerprint density at radius 2 is 1.91 bits per heavy atom. The summed E-state index contributed by atoms with van der Waals surface area (Å²) in [5.41, 5.74) is 0. The maximum atomic E-state index is 10.9. The van der Waals surface area contributed by atoms with Crippen molar-refractivity contribution in [3.8, 4) is 0 Å². The summed E-state index contributed by atoms with van der Waals surface area (Å²) < 4.78 is 0. The minimum atomic E-state index is -0.742. The Morgan fingerprint density at radius 3 is 2.27 bits per heavy atom. The Hall–Kier alpha value is 0.250. The van der Waals surface area contributed by atoms with E-state index in [4.69, 9.17) is 23.2 Å². The highest BCUT2D eigenvalue weighted by molar-refractivity contribution is 6.70. The first kappa shape index (κ1) is 9.34. The molecule has 0 unspecified atom stereocenters. The first-order chi connectivity index (χ1) is 5.04. The molecule has 0 aliphatic heterocycles. The normalized spacial score (nSPS) is 38.6. The van der Waals surface area contributed by atoms with Gasteiger partial charge in [0.15, 0.2) is 0 Å². The van der Waals surface area contributed by atoms with Crippen LogP contribution < -0.4 is 0 Å². The highest BCUT2D eigenvalue weighted by atomic mass is 35.5. The first-order valence-electron chi connectivity index (χ1n) is 3.93. The maximum absolute atomic E-state index is 10.9. The molecular formula is C8H12Cl2O. The Kier molecular flexibility index (Phi) is 2.82. The van der Waals surface area contributed by atoms with Gasteiger partial charge >= 0.3 is 0 Å². The predicted octanol–water partition coefficient (Wildman–Crippen LogP) is 2.94. The van der Waals surface area contributed by atoms with Gasteiger partial charge in [-0.05, 0) is 43.2 Å². The number of halogens is 2. The average molecular weight is 195 g/mol. The topological polar surface area (TPSA) is 17.1 Å². The van der Waals surface area contributed by atoms with Crippen LogP contribution in [0.25, 0.3) is 0 Å². The molecule has 3 heteroatoms. The summed E-state index contributed by atoms with van der Waals surface area (Å²) >= 11 is 11.4. The molecule has 0 bridgehead atoms. The van der Waals surface area contributed by atoms with E-state index in [1.165, 1.54) is 0 Å². The first-order valence-corrected chi connectivity index (χ1v) is 4.69. The maximum Gasteiger partial charge on any atom is 0.242 e. The van der Waals surface area contributed by atoms with Gasteiger partial charge in [-0.3, -0.25) is 4.79 Å². The van der Waals surface area contributed by atoms with Crippen molar-refractivity contribution in [2.75, 3.05) is 0 Å². The van der Waals surface area contributed by atoms with Crippen molar-refractivity contribution >= 4 is 28.4 Å². The molecular weight excluding hydrogens is 183 g/mol. The molecule has 1 aliphatic carbocycles. The minimum Gasteiger partial charge on any atom is -0.279 e. The van der Waals surface area contributed by atoms with Crippen LogP contribution in [-0.2, 0) is 4.79 Å². The molecule has 64 valence electrons. The van der Waals surface area contributed by atoms with E-state index in [0.717, 1.165) is 25.7 Å². The number of hydrogen-bond acceptors (Lipinski definition) is 1. The summed E-state index contributed by atoms with van der Waals surface area (Å²) in [7, 11) is 0. The third-order valence-electron chi connectivity index (χ3n) is 2.42. The lowest BCUT2D eigenvalue weighted by Gasteiger charge is -2.30. The molecule has 0 atom stereocenters. The molecule has 11 heavy (non-hydrogen) atoms. The third-order valence-corrected chi connectivity index (χ3v) is 3.43. The zero-order valence-corrected chi connectivity index (χ0v) is 8.08. The molecule has 1 fully saturated rings. The van der Waals surface area contributed by atoms with Crippen LogP contribution in [0, 0.1) is 5.92 Å². The van der Waals surface area contributed by atoms with Crippen molar-refractivity contribution < 1.29 is 4.79 Å². The molecule has 0 aromatic carbocycles. The monoisotopic (exact) mass is 194 g/mol. The molecule has 1 aliphatic rings. The minimum absolute atomic E-state index is 0.383. The van der Waals surface area contributed by atoms with Gasteiger partial charge in [-0.15, -0.1) is 11.6 Å². The number of hydrogen-bond donors (Lipinski definition) is 0. The van der Waals surface area contributed by atoms with Crippen LogP contribution in [0.2, 0.25) is 0 Å². The number of carbonyl (C=O) groups is 1. The summed E-state index contributed by atoms with van der Waals surface area (Å²) in [6.07, 6.45) is 3.50. The molecule has 1 rings (SSSR count). The molecule has 1 saturated carbocycles. The van der Waals surface area contributed by atoms with Gasteiger partial charge in [-0.2, -0.15) is 0 Å². The highest BCUT2D eigenvalue weighted by Crippen LogP contribution is 2.38. The molecule has 0 aromatic heterocycles. The fraction of sp³-hybridized carbons (Fsp3) is 0.875. The predicted molar refractivity (Wildman–Crippen MR) is 47.1 cm³/mol. The van der Waals surface area contributed by atoms with E-state index in [1.54, 1.807) is 0 Å². The van der Waals surface area contributed by atoms with Gasteiger partial charge in [0.05, 0.1) is 0 Å². The zero-order chi connectivity index (χ0) is 8.48. The Labute approximate surface area is 77.1 Å². The molecule has 0 heterocycles. The largest absolute Gasteiger partial charge is 0.279 e. The molecule has 0 N–H and O–H groups in total. The summed E-state index contributed by atoms with van der Waals surface area (Å²) in [6, 6.07) is 0. The van der Waals surface area contributed by atoms with Gasteiger partial charge in [-0.25, -0.2) is 0 Å². The van der Waals surface area contributed by atoms with Crippen LogP contribution >= 0.6 is 23.2 Å². The number of carbonyl (C=O) groups excluding carboxylic acids is 1. The average Bonchev–Trinajstić information content (AvgIpc) is 1.95. The lowest BCUT2D eigenvalue weighted by atomic mass is 9.83. The van der Waals surface area contributed by atoms with E-state index >= 15 is 0 Å². The van der Waals surface area contributed by atoms with Crippen LogP contribution in [-0.4, -0.2) is 10.1 Å². The number of alkyl halides is 1. The second kappa shape index (κ2) is 3.32. The molecule has 0 saturated heterocycles. The highest BCUT2D eigenvalue weighted by Gasteiger charge is 2.37. The van der Waals surface area contributed by atoms with Crippen LogP contribution in [0.3, 0.4) is 0 Å². The molecule has 0 amide bonds. The van der Waals surface area contributed by atoms with Crippen LogP contribution in [0.15, 0.2) is 0 Å². The van der Waals surface area contributed by atoms with E-state index in [0.29, 0.717) is 5.92 Å². The quantitative estimate of drug-likeness (QED) is 0.464. The van der Waals surface area contributed by atoms with E-state index < -0.39 is 4.87 Å². The Bertz CT molecular complexity index is 159. The van der Waals surface area contributed by atoms with Gasteiger partial charge in [-0.1, -0.05) is 6.92 Å². The zero-order valence-electron chi connectivity index (χ0n) is 6.57. The van der Waals surface area contributed by atoms with Crippen molar-refractivity contribution in [3.05, 3.63) is 0 Å². The second-order valence-electron chi connectivity index (χ2n) is 3.42. The summed E-state index contributed by atoms with van der Waals surface area (Å²) in [4.78, 5) is 10.1. The molecule has 0 spiro atoms. The second-order valence-corrected chi connectivity index (χ2v) is 4.49. The van der Waals surface area contributed by atoms with E-state index in [9.17, 15) is 4.79 Å². The van der Waals surface area contributed by atoms with E-state index in [2.05, 4.69) is 6.92 Å². The molecule has 0 radical (unpaired) electrons. The smallest absolute Gasteiger partial charge is 0.242 e. The van der Waals surface area contributed by atoms with E-state index in [1.807, 2.05) is 0 Å². The van der Waals surface area contributed by atoms with Gasteiger partial charge in [0.25, 0.3) is 0 Å². The van der Waals surface area contributed by atoms with Crippen molar-refractivity contribution in [2.24, 2.45) is 5.92 Å². The van der Waals surface area contributed by atoms with Crippen LogP contribution in [0.1, 0.15) is 32.6 Å². The van der Waals surface area contributed by atoms with Gasteiger partial charge < -0.3 is 0 Å². The fourth-order valence-corrected chi connectivity index (χ4v) is 1.82. The third kappa shape index (κ3) is 2.09. The van der Waals surface area contributed by atoms with Crippen molar-refractivity contribution in [1.82, 2.24) is 0 Å². The SMILES string of the molecule is CC1CCC(Cl)(C(=O)Cl)CC1. The summed E-state index contributed by atoms with van der Waals surface area (Å²) in [5, 5.41) is -0.383. The lowest BCUT2D eigenvalue weighted by molar-refractivity contribution is -0.114. The lowest BCUT2D eigenvalue weighted by Crippen LogP contribution is -2.33. The van der Waals surface area contributed by atoms with Gasteiger partial charge in [0.1, 0.15) is 4.87 Å². The molecule has 1 nitrogen and oxygen atoms in total. The van der Waals surface area contributed by atoms with Crippen molar-refractivity contribution in [3.63, 3.8) is 0 Å². The fourth-order valence-electron chi connectivity index (χ4n) is 1.42. The van der Waals surface area contributed by atoms with Gasteiger partial charge in [0, 0.05) is 0 Å². The van der Waals surface area contributed by atoms with Crippen LogP contribution in [0.4, 0.5) is 0 Å². The van der Waals surface area contributed by atoms with Crippen molar-refractivity contribution in [2.45, 2.75) is 37.5 Å². The summed E-state index contributed by atoms with van der Waals surface area (Å²) in [5.74, 6) is 0.692. The Morgan fingerprint density at radius 1 is 1.45 bits per heavy atom. The van der Waals surface area contributed by atoms with Crippen LogP contribution in [0.5, 0.6) is 0 Å². The standard InChI is InChI=1S/C8H12Cl2O/c1-6-2-4-8(10,5-3-6)7(9)11/h6H,2-5H2,1H3. The Balaban J connectivity index is 2.55. The van der Waals surface area contributed by atoms with Gasteiger partial charge in [0.2, 0.25) is 5.24 Å². The summed E-state index contributed by atoms with van der Waals surface area (Å²) in [6.45, 7) is 2.18. The molecule has 0 aromatic rings. The van der Waals surface area contributed by atoms with E-state index in [-0.39, 0.29) is 5.24 Å². The number of rotatable bonds is 1. The van der Waals surface area contributed by atoms with Crippen molar-refractivity contribution in [1.29, 1.82) is 0 Å².